The van der Waals surface area contributed by atoms with Gasteiger partial charge in [-0.05, 0) is 49.2 Å². The molecule has 0 fully saturated rings. The van der Waals surface area contributed by atoms with Crippen LogP contribution in [-0.4, -0.2) is 34.1 Å². The second-order valence-corrected chi connectivity index (χ2v) is 8.34. The second kappa shape index (κ2) is 11.0. The van der Waals surface area contributed by atoms with E-state index in [1.54, 1.807) is 24.3 Å². The molecule has 1 amide bonds. The Kier molecular flexibility index (Phi) is 8.76. The van der Waals surface area contributed by atoms with Crippen LogP contribution in [0.2, 0.25) is 5.02 Å². The van der Waals surface area contributed by atoms with Gasteiger partial charge in [-0.15, -0.1) is 0 Å². The molecule has 0 saturated carbocycles. The van der Waals surface area contributed by atoms with Gasteiger partial charge >= 0.3 is 0 Å². The molecule has 2 rings (SSSR count). The Bertz CT molecular complexity index is 887. The van der Waals surface area contributed by atoms with E-state index in [0.717, 1.165) is 19.4 Å². The van der Waals surface area contributed by atoms with Gasteiger partial charge in [-0.2, -0.15) is 0 Å². The maximum absolute atomic E-state index is 12.6. The summed E-state index contributed by atoms with van der Waals surface area (Å²) in [6.07, 6.45) is 2.81. The summed E-state index contributed by atoms with van der Waals surface area (Å²) >= 11 is 5.89. The summed E-state index contributed by atoms with van der Waals surface area (Å²) in [6.45, 7) is 3.87. The van der Waals surface area contributed by atoms with Crippen molar-refractivity contribution >= 4 is 33.2 Å². The Hall–Kier alpha value is -2.09. The van der Waals surface area contributed by atoms with Crippen LogP contribution >= 0.6 is 11.6 Å². The zero-order chi connectivity index (χ0) is 20.4. The van der Waals surface area contributed by atoms with Gasteiger partial charge in [0.1, 0.15) is 0 Å². The van der Waals surface area contributed by atoms with Gasteiger partial charge in [0, 0.05) is 30.3 Å². The van der Waals surface area contributed by atoms with Crippen LogP contribution in [0.4, 0.5) is 5.69 Å². The van der Waals surface area contributed by atoms with E-state index in [4.69, 9.17) is 16.3 Å². The number of ether oxygens (including phenoxy) is 1. The topological polar surface area (TPSA) is 84.5 Å². The number of carbonyl (C=O) groups excluding carboxylic acids is 1. The van der Waals surface area contributed by atoms with E-state index in [0.29, 0.717) is 30.3 Å². The maximum atomic E-state index is 12.6. The Balaban J connectivity index is 1.94. The summed E-state index contributed by atoms with van der Waals surface area (Å²) in [5, 5.41) is 3.20. The lowest BCUT2D eigenvalue weighted by atomic mass is 10.2. The number of hydrogen-bond acceptors (Lipinski definition) is 4. The van der Waals surface area contributed by atoms with Crippen LogP contribution in [0.25, 0.3) is 0 Å². The molecule has 0 aromatic heterocycles. The number of hydrogen-bond donors (Lipinski definition) is 2. The van der Waals surface area contributed by atoms with Gasteiger partial charge in [0.05, 0.1) is 10.6 Å². The molecule has 0 spiro atoms. The molecule has 0 aliphatic carbocycles. The number of sulfonamides is 1. The highest BCUT2D eigenvalue weighted by molar-refractivity contribution is 7.92. The largest absolute Gasteiger partial charge is 0.381 e. The highest BCUT2D eigenvalue weighted by Crippen LogP contribution is 2.20. The normalized spacial score (nSPS) is 11.2. The van der Waals surface area contributed by atoms with Crippen molar-refractivity contribution in [3.05, 3.63) is 59.1 Å². The summed E-state index contributed by atoms with van der Waals surface area (Å²) in [5.74, 6) is -0.326. The molecule has 0 heterocycles. The van der Waals surface area contributed by atoms with Crippen LogP contribution in [0.15, 0.2) is 53.4 Å². The van der Waals surface area contributed by atoms with E-state index in [9.17, 15) is 13.2 Å². The van der Waals surface area contributed by atoms with Gasteiger partial charge in [0.2, 0.25) is 0 Å². The van der Waals surface area contributed by atoms with Gasteiger partial charge in [-0.1, -0.05) is 37.1 Å². The molecule has 8 heteroatoms. The average molecular weight is 425 g/mol. The van der Waals surface area contributed by atoms with Crippen LogP contribution in [0.1, 0.15) is 36.5 Å². The zero-order valence-electron chi connectivity index (χ0n) is 15.8. The van der Waals surface area contributed by atoms with E-state index < -0.39 is 10.0 Å². The molecular formula is C20H25ClN2O4S. The summed E-state index contributed by atoms with van der Waals surface area (Å²) in [4.78, 5) is 12.3. The van der Waals surface area contributed by atoms with E-state index in [1.807, 2.05) is 0 Å². The van der Waals surface area contributed by atoms with Gasteiger partial charge in [-0.3, -0.25) is 9.52 Å². The number of anilines is 1. The van der Waals surface area contributed by atoms with Crippen LogP contribution in [-0.2, 0) is 14.8 Å². The smallest absolute Gasteiger partial charge is 0.261 e. The molecule has 2 aromatic carbocycles. The van der Waals surface area contributed by atoms with Gasteiger partial charge in [0.25, 0.3) is 15.9 Å². The van der Waals surface area contributed by atoms with Crippen molar-refractivity contribution in [2.75, 3.05) is 24.5 Å². The first kappa shape index (κ1) is 22.2. The fourth-order valence-corrected chi connectivity index (χ4v) is 3.68. The molecule has 152 valence electrons. The molecule has 0 radical (unpaired) electrons. The molecule has 2 N–H and O–H groups in total. The second-order valence-electron chi connectivity index (χ2n) is 6.22. The first-order valence-corrected chi connectivity index (χ1v) is 11.0. The number of carbonyl (C=O) groups is 1. The molecule has 0 aliphatic heterocycles. The van der Waals surface area contributed by atoms with Crippen molar-refractivity contribution in [3.8, 4) is 0 Å². The lowest BCUT2D eigenvalue weighted by Crippen LogP contribution is -2.25. The third-order valence-corrected chi connectivity index (χ3v) is 5.49. The minimum atomic E-state index is -3.83. The molecule has 0 saturated heterocycles. The van der Waals surface area contributed by atoms with Gasteiger partial charge < -0.3 is 10.1 Å². The number of nitrogens with one attached hydrogen (secondary N) is 2. The van der Waals surface area contributed by atoms with Crippen molar-refractivity contribution in [2.24, 2.45) is 0 Å². The summed E-state index contributed by atoms with van der Waals surface area (Å²) in [7, 11) is -3.83. The molecule has 28 heavy (non-hydrogen) atoms. The molecule has 0 bridgehead atoms. The lowest BCUT2D eigenvalue weighted by molar-refractivity contribution is 0.0940. The minimum absolute atomic E-state index is 0.00280. The zero-order valence-corrected chi connectivity index (χ0v) is 17.4. The number of halogens is 1. The fourth-order valence-electron chi connectivity index (χ4n) is 2.40. The number of benzene rings is 2. The molecule has 0 aliphatic rings. The van der Waals surface area contributed by atoms with Crippen molar-refractivity contribution < 1.29 is 17.9 Å². The number of rotatable bonds is 11. The third-order valence-electron chi connectivity index (χ3n) is 3.88. The number of amides is 1. The van der Waals surface area contributed by atoms with E-state index in [2.05, 4.69) is 17.0 Å². The molecule has 0 atom stereocenters. The Morgan fingerprint density at radius 2 is 1.82 bits per heavy atom. The van der Waals surface area contributed by atoms with Crippen molar-refractivity contribution in [3.63, 3.8) is 0 Å². The van der Waals surface area contributed by atoms with Crippen LogP contribution in [0.3, 0.4) is 0 Å². The van der Waals surface area contributed by atoms with Crippen LogP contribution < -0.4 is 10.0 Å². The minimum Gasteiger partial charge on any atom is -0.381 e. The Morgan fingerprint density at radius 3 is 2.57 bits per heavy atom. The van der Waals surface area contributed by atoms with Crippen molar-refractivity contribution in [2.45, 2.75) is 31.1 Å². The SMILES string of the molecule is CCCCOCCCNC(=O)c1cccc(S(=O)(=O)Nc2cccc(Cl)c2)c1. The monoisotopic (exact) mass is 424 g/mol. The maximum Gasteiger partial charge on any atom is 0.261 e. The van der Waals surface area contributed by atoms with Crippen LogP contribution in [0.5, 0.6) is 0 Å². The number of unbranched alkanes of at least 4 members (excludes halogenated alkanes) is 1. The van der Waals surface area contributed by atoms with Crippen molar-refractivity contribution in [1.82, 2.24) is 5.32 Å². The van der Waals surface area contributed by atoms with Crippen LogP contribution in [0, 0.1) is 0 Å². The summed E-state index contributed by atoms with van der Waals surface area (Å²) in [6, 6.07) is 12.3. The van der Waals surface area contributed by atoms with E-state index in [-0.39, 0.29) is 16.4 Å². The Labute approximate surface area is 171 Å². The molecule has 2 aromatic rings. The third kappa shape index (κ3) is 7.14. The van der Waals surface area contributed by atoms with Gasteiger partial charge in [0.15, 0.2) is 0 Å². The van der Waals surface area contributed by atoms with Gasteiger partial charge in [-0.25, -0.2) is 8.42 Å². The first-order valence-electron chi connectivity index (χ1n) is 9.17. The van der Waals surface area contributed by atoms with Crippen molar-refractivity contribution in [1.29, 1.82) is 0 Å². The highest BCUT2D eigenvalue weighted by Gasteiger charge is 2.16. The quantitative estimate of drug-likeness (QED) is 0.532. The molecule has 0 unspecified atom stereocenters. The van der Waals surface area contributed by atoms with E-state index >= 15 is 0 Å². The van der Waals surface area contributed by atoms with E-state index in [1.165, 1.54) is 24.3 Å². The predicted octanol–water partition coefficient (Wildman–Crippen LogP) is 4.08. The summed E-state index contributed by atoms with van der Waals surface area (Å²) < 4.78 is 33.0. The molecular weight excluding hydrogens is 400 g/mol. The standard InChI is InChI=1S/C20H25ClN2O4S/c1-2-3-12-27-13-6-11-22-20(24)16-7-4-10-19(14-16)28(25,26)23-18-9-5-8-17(21)15-18/h4-5,7-10,14-15,23H,2-3,6,11-13H2,1H3,(H,22,24). The lowest BCUT2D eigenvalue weighted by Gasteiger charge is -2.10. The summed E-state index contributed by atoms with van der Waals surface area (Å²) in [5.41, 5.74) is 0.631. The predicted molar refractivity (Wildman–Crippen MR) is 111 cm³/mol. The first-order chi connectivity index (χ1) is 13.4. The highest BCUT2D eigenvalue weighted by atomic mass is 35.5. The average Bonchev–Trinajstić information content (AvgIpc) is 2.67. The molecule has 6 nitrogen and oxygen atoms in total. The fraction of sp³-hybridized carbons (Fsp3) is 0.350. The Morgan fingerprint density at radius 1 is 1.07 bits per heavy atom.